The fourth-order valence-corrected chi connectivity index (χ4v) is 2.33. The van der Waals surface area contributed by atoms with Crippen LogP contribution in [0, 0.1) is 5.41 Å². The Morgan fingerprint density at radius 3 is 2.52 bits per heavy atom. The van der Waals surface area contributed by atoms with Gasteiger partial charge in [-0.3, -0.25) is 14.8 Å². The third-order valence-electron chi connectivity index (χ3n) is 3.79. The first-order chi connectivity index (χ1) is 11.9. The zero-order valence-corrected chi connectivity index (χ0v) is 15.4. The van der Waals surface area contributed by atoms with Crippen LogP contribution in [-0.2, 0) is 11.3 Å². The predicted molar refractivity (Wildman–Crippen MR) is 102 cm³/mol. The predicted octanol–water partition coefficient (Wildman–Crippen LogP) is 2.06. The summed E-state index contributed by atoms with van der Waals surface area (Å²) < 4.78 is 0. The van der Waals surface area contributed by atoms with Crippen LogP contribution in [0.3, 0.4) is 0 Å². The second-order valence-electron chi connectivity index (χ2n) is 6.85. The Hall–Kier alpha value is -2.63. The standard InChI is InChI=1S/C19H27N5O/c1-19(2,3)17(25)22-11-12-23-18(20-4)24-13-14-9-10-21-16-8-6-5-7-15(14)16/h5-10H,11-13H2,1-4H3,(H,22,25)(H2,20,23,24). The van der Waals surface area contributed by atoms with Gasteiger partial charge in [-0.05, 0) is 17.7 Å². The average molecular weight is 341 g/mol. The minimum absolute atomic E-state index is 0.0421. The lowest BCUT2D eigenvalue weighted by atomic mass is 9.96. The highest BCUT2D eigenvalue weighted by molar-refractivity contribution is 5.84. The summed E-state index contributed by atoms with van der Waals surface area (Å²) in [7, 11) is 1.73. The van der Waals surface area contributed by atoms with Gasteiger partial charge >= 0.3 is 0 Å². The van der Waals surface area contributed by atoms with Crippen molar-refractivity contribution >= 4 is 22.8 Å². The molecule has 0 aliphatic rings. The summed E-state index contributed by atoms with van der Waals surface area (Å²) in [5.41, 5.74) is 1.77. The SMILES string of the molecule is CN=C(NCCNC(=O)C(C)(C)C)NCc1ccnc2ccccc12. The molecule has 0 atom stereocenters. The Labute approximate surface area is 149 Å². The molecule has 0 spiro atoms. The van der Waals surface area contributed by atoms with E-state index in [4.69, 9.17) is 0 Å². The van der Waals surface area contributed by atoms with Gasteiger partial charge in [-0.25, -0.2) is 0 Å². The van der Waals surface area contributed by atoms with E-state index in [1.165, 1.54) is 0 Å². The second-order valence-corrected chi connectivity index (χ2v) is 6.85. The van der Waals surface area contributed by atoms with Crippen LogP contribution in [0.15, 0.2) is 41.5 Å². The fraction of sp³-hybridized carbons (Fsp3) is 0.421. The highest BCUT2D eigenvalue weighted by Crippen LogP contribution is 2.15. The normalized spacial score (nSPS) is 12.1. The minimum atomic E-state index is -0.373. The molecule has 2 aromatic rings. The van der Waals surface area contributed by atoms with Crippen molar-refractivity contribution in [3.8, 4) is 0 Å². The molecule has 0 bridgehead atoms. The van der Waals surface area contributed by atoms with Crippen LogP contribution in [0.1, 0.15) is 26.3 Å². The highest BCUT2D eigenvalue weighted by atomic mass is 16.2. The van der Waals surface area contributed by atoms with Crippen LogP contribution >= 0.6 is 0 Å². The number of hydrogen-bond acceptors (Lipinski definition) is 3. The van der Waals surface area contributed by atoms with Gasteiger partial charge in [0.1, 0.15) is 0 Å². The van der Waals surface area contributed by atoms with Crippen molar-refractivity contribution in [3.05, 3.63) is 42.1 Å². The van der Waals surface area contributed by atoms with Gasteiger partial charge in [-0.2, -0.15) is 0 Å². The minimum Gasteiger partial charge on any atom is -0.355 e. The zero-order valence-electron chi connectivity index (χ0n) is 15.4. The molecular formula is C19H27N5O. The second kappa shape index (κ2) is 8.46. The van der Waals surface area contributed by atoms with Gasteiger partial charge in [0.25, 0.3) is 0 Å². The number of carbonyl (C=O) groups excluding carboxylic acids is 1. The quantitative estimate of drug-likeness (QED) is 0.442. The van der Waals surface area contributed by atoms with E-state index in [-0.39, 0.29) is 11.3 Å². The van der Waals surface area contributed by atoms with E-state index in [9.17, 15) is 4.79 Å². The number of benzene rings is 1. The number of pyridine rings is 1. The van der Waals surface area contributed by atoms with Crippen molar-refractivity contribution in [2.75, 3.05) is 20.1 Å². The monoisotopic (exact) mass is 341 g/mol. The summed E-state index contributed by atoms with van der Waals surface area (Å²) in [4.78, 5) is 20.4. The van der Waals surface area contributed by atoms with E-state index >= 15 is 0 Å². The van der Waals surface area contributed by atoms with E-state index in [0.717, 1.165) is 16.5 Å². The molecule has 1 aromatic carbocycles. The van der Waals surface area contributed by atoms with E-state index < -0.39 is 0 Å². The van der Waals surface area contributed by atoms with Crippen LogP contribution in [0.5, 0.6) is 0 Å². The molecule has 0 saturated carbocycles. The van der Waals surface area contributed by atoms with Crippen molar-refractivity contribution in [2.24, 2.45) is 10.4 Å². The molecule has 3 N–H and O–H groups in total. The maximum absolute atomic E-state index is 11.8. The van der Waals surface area contributed by atoms with Gasteiger partial charge in [-0.1, -0.05) is 39.0 Å². The van der Waals surface area contributed by atoms with Gasteiger partial charge in [0.15, 0.2) is 5.96 Å². The number of guanidine groups is 1. The van der Waals surface area contributed by atoms with Gasteiger partial charge in [0, 0.05) is 43.7 Å². The van der Waals surface area contributed by atoms with Gasteiger partial charge in [-0.15, -0.1) is 0 Å². The number of hydrogen-bond donors (Lipinski definition) is 3. The molecule has 1 amide bonds. The molecule has 0 unspecified atom stereocenters. The summed E-state index contributed by atoms with van der Waals surface area (Å²) >= 11 is 0. The Balaban J connectivity index is 1.83. The Morgan fingerprint density at radius 1 is 1.08 bits per heavy atom. The van der Waals surface area contributed by atoms with Crippen molar-refractivity contribution < 1.29 is 4.79 Å². The number of aromatic nitrogens is 1. The Kier molecular flexibility index (Phi) is 6.33. The summed E-state index contributed by atoms with van der Waals surface area (Å²) in [6, 6.07) is 10.1. The Bertz CT molecular complexity index is 744. The molecule has 0 aliphatic heterocycles. The van der Waals surface area contributed by atoms with Crippen LogP contribution in [-0.4, -0.2) is 37.0 Å². The molecule has 0 fully saturated rings. The largest absolute Gasteiger partial charge is 0.355 e. The van der Waals surface area contributed by atoms with Crippen LogP contribution in [0.25, 0.3) is 10.9 Å². The first-order valence-corrected chi connectivity index (χ1v) is 8.47. The number of fused-ring (bicyclic) bond motifs is 1. The number of carbonyl (C=O) groups is 1. The molecule has 1 aromatic heterocycles. The molecule has 2 rings (SSSR count). The van der Waals surface area contributed by atoms with Crippen LogP contribution < -0.4 is 16.0 Å². The lowest BCUT2D eigenvalue weighted by Gasteiger charge is -2.18. The first kappa shape index (κ1) is 18.7. The molecule has 6 heteroatoms. The van der Waals surface area contributed by atoms with Crippen LogP contribution in [0.2, 0.25) is 0 Å². The third kappa shape index (κ3) is 5.45. The highest BCUT2D eigenvalue weighted by Gasteiger charge is 2.20. The van der Waals surface area contributed by atoms with Gasteiger partial charge < -0.3 is 16.0 Å². The topological polar surface area (TPSA) is 78.4 Å². The van der Waals surface area contributed by atoms with E-state index in [1.807, 2.05) is 51.2 Å². The summed E-state index contributed by atoms with van der Waals surface area (Å²) in [6.07, 6.45) is 1.82. The van der Waals surface area contributed by atoms with Crippen LogP contribution in [0.4, 0.5) is 0 Å². The van der Waals surface area contributed by atoms with Crippen molar-refractivity contribution in [2.45, 2.75) is 27.3 Å². The van der Waals surface area contributed by atoms with Crippen molar-refractivity contribution in [3.63, 3.8) is 0 Å². The number of aliphatic imine (C=N–C) groups is 1. The third-order valence-corrected chi connectivity index (χ3v) is 3.79. The Morgan fingerprint density at radius 2 is 1.80 bits per heavy atom. The summed E-state index contributed by atoms with van der Waals surface area (Å²) in [5, 5.41) is 10.5. The van der Waals surface area contributed by atoms with E-state index in [0.29, 0.717) is 25.6 Å². The number of nitrogens with zero attached hydrogens (tertiary/aromatic N) is 2. The van der Waals surface area contributed by atoms with Gasteiger partial charge in [0.05, 0.1) is 5.52 Å². The fourth-order valence-electron chi connectivity index (χ4n) is 2.33. The smallest absolute Gasteiger partial charge is 0.225 e. The number of nitrogens with one attached hydrogen (secondary N) is 3. The van der Waals surface area contributed by atoms with Crippen molar-refractivity contribution in [1.29, 1.82) is 0 Å². The molecule has 6 nitrogen and oxygen atoms in total. The maximum atomic E-state index is 11.8. The van der Waals surface area contributed by atoms with Gasteiger partial charge in [0.2, 0.25) is 5.91 Å². The lowest BCUT2D eigenvalue weighted by Crippen LogP contribution is -2.43. The van der Waals surface area contributed by atoms with Crippen molar-refractivity contribution in [1.82, 2.24) is 20.9 Å². The number of amides is 1. The average Bonchev–Trinajstić information content (AvgIpc) is 2.60. The molecule has 134 valence electrons. The van der Waals surface area contributed by atoms with E-state index in [2.05, 4.69) is 32.0 Å². The number of para-hydroxylation sites is 1. The molecule has 0 radical (unpaired) electrons. The summed E-state index contributed by atoms with van der Waals surface area (Å²) in [5.74, 6) is 0.742. The summed E-state index contributed by atoms with van der Waals surface area (Å²) in [6.45, 7) is 7.50. The van der Waals surface area contributed by atoms with E-state index in [1.54, 1.807) is 7.05 Å². The molecular weight excluding hydrogens is 314 g/mol. The molecule has 1 heterocycles. The molecule has 0 aliphatic carbocycles. The maximum Gasteiger partial charge on any atom is 0.225 e. The lowest BCUT2D eigenvalue weighted by molar-refractivity contribution is -0.128. The zero-order chi connectivity index (χ0) is 18.3. The number of rotatable bonds is 5. The molecule has 25 heavy (non-hydrogen) atoms. The molecule has 0 saturated heterocycles. The first-order valence-electron chi connectivity index (χ1n) is 8.47.